The maximum Gasteiger partial charge on any atom is 0.125 e. The maximum absolute atomic E-state index is 13.2. The van der Waals surface area contributed by atoms with E-state index in [0.29, 0.717) is 0 Å². The lowest BCUT2D eigenvalue weighted by atomic mass is 10.1. The molecule has 94 valence electrons. The fraction of sp³-hybridized carbons (Fsp3) is 0.200. The third-order valence-electron chi connectivity index (χ3n) is 2.88. The molecule has 0 aliphatic heterocycles. The van der Waals surface area contributed by atoms with E-state index in [1.54, 1.807) is 12.1 Å². The van der Waals surface area contributed by atoms with Crippen LogP contribution in [0.25, 0.3) is 0 Å². The van der Waals surface area contributed by atoms with Gasteiger partial charge in [0.05, 0.1) is 0 Å². The minimum atomic E-state index is -0.210. The first-order valence-corrected chi connectivity index (χ1v) is 6.04. The number of halogens is 1. The lowest BCUT2D eigenvalue weighted by molar-refractivity contribution is 0.626. The van der Waals surface area contributed by atoms with E-state index < -0.39 is 0 Å². The summed E-state index contributed by atoms with van der Waals surface area (Å²) in [6, 6.07) is 14.4. The van der Waals surface area contributed by atoms with Crippen LogP contribution in [0.15, 0.2) is 48.5 Å². The quantitative estimate of drug-likeness (QED) is 0.835. The standard InChI is InChI=1S/C15H17FN2/c1-2-18(15-8-4-6-13(16)10-15)11-12-5-3-7-14(17)9-12/h3-10H,2,11,17H2,1H3. The molecule has 0 saturated heterocycles. The van der Waals surface area contributed by atoms with Crippen LogP contribution in [0.2, 0.25) is 0 Å². The highest BCUT2D eigenvalue weighted by atomic mass is 19.1. The first-order chi connectivity index (χ1) is 8.69. The fourth-order valence-electron chi connectivity index (χ4n) is 1.97. The summed E-state index contributed by atoms with van der Waals surface area (Å²) in [5.41, 5.74) is 8.53. The number of rotatable bonds is 4. The number of benzene rings is 2. The van der Waals surface area contributed by atoms with E-state index >= 15 is 0 Å². The molecule has 0 saturated carbocycles. The second-order valence-electron chi connectivity index (χ2n) is 4.24. The van der Waals surface area contributed by atoms with Crippen molar-refractivity contribution in [3.63, 3.8) is 0 Å². The second-order valence-corrected chi connectivity index (χ2v) is 4.24. The molecule has 0 aromatic heterocycles. The molecule has 2 rings (SSSR count). The highest BCUT2D eigenvalue weighted by molar-refractivity contribution is 5.48. The minimum absolute atomic E-state index is 0.210. The summed E-state index contributed by atoms with van der Waals surface area (Å²) in [7, 11) is 0. The zero-order valence-corrected chi connectivity index (χ0v) is 10.4. The minimum Gasteiger partial charge on any atom is -0.399 e. The Labute approximate surface area is 107 Å². The molecule has 0 radical (unpaired) electrons. The van der Waals surface area contributed by atoms with Crippen molar-refractivity contribution in [2.75, 3.05) is 17.2 Å². The molecular weight excluding hydrogens is 227 g/mol. The number of anilines is 2. The van der Waals surface area contributed by atoms with Gasteiger partial charge in [0.2, 0.25) is 0 Å². The number of nitrogens with zero attached hydrogens (tertiary/aromatic N) is 1. The molecule has 0 unspecified atom stereocenters. The van der Waals surface area contributed by atoms with Crippen LogP contribution in [0.5, 0.6) is 0 Å². The van der Waals surface area contributed by atoms with E-state index in [1.165, 1.54) is 6.07 Å². The van der Waals surface area contributed by atoms with Gasteiger partial charge in [-0.15, -0.1) is 0 Å². The van der Waals surface area contributed by atoms with Crippen LogP contribution in [0.3, 0.4) is 0 Å². The number of nitrogen functional groups attached to an aromatic ring is 1. The molecule has 0 atom stereocenters. The van der Waals surface area contributed by atoms with Crippen LogP contribution in [0.1, 0.15) is 12.5 Å². The summed E-state index contributed by atoms with van der Waals surface area (Å²) in [6.45, 7) is 3.60. The Morgan fingerprint density at radius 3 is 2.56 bits per heavy atom. The predicted octanol–water partition coefficient (Wildman–Crippen LogP) is 3.43. The van der Waals surface area contributed by atoms with E-state index in [0.717, 1.165) is 30.0 Å². The van der Waals surface area contributed by atoms with Gasteiger partial charge >= 0.3 is 0 Å². The maximum atomic E-state index is 13.2. The molecule has 0 heterocycles. The SMILES string of the molecule is CCN(Cc1cccc(N)c1)c1cccc(F)c1. The Balaban J connectivity index is 2.19. The van der Waals surface area contributed by atoms with Crippen molar-refractivity contribution in [1.82, 2.24) is 0 Å². The van der Waals surface area contributed by atoms with E-state index in [9.17, 15) is 4.39 Å². The third-order valence-corrected chi connectivity index (χ3v) is 2.88. The van der Waals surface area contributed by atoms with Crippen molar-refractivity contribution < 1.29 is 4.39 Å². The van der Waals surface area contributed by atoms with Crippen molar-refractivity contribution in [2.45, 2.75) is 13.5 Å². The Bertz CT molecular complexity index is 525. The summed E-state index contributed by atoms with van der Waals surface area (Å²) in [5, 5.41) is 0. The lowest BCUT2D eigenvalue weighted by Crippen LogP contribution is -2.22. The Hall–Kier alpha value is -2.03. The third kappa shape index (κ3) is 3.00. The molecule has 2 N–H and O–H groups in total. The molecule has 0 fully saturated rings. The Morgan fingerprint density at radius 1 is 1.11 bits per heavy atom. The monoisotopic (exact) mass is 244 g/mol. The molecular formula is C15H17FN2. The van der Waals surface area contributed by atoms with Gasteiger partial charge in [-0.25, -0.2) is 4.39 Å². The van der Waals surface area contributed by atoms with Crippen LogP contribution in [0.4, 0.5) is 15.8 Å². The van der Waals surface area contributed by atoms with Crippen LogP contribution in [-0.4, -0.2) is 6.54 Å². The largest absolute Gasteiger partial charge is 0.399 e. The predicted molar refractivity (Wildman–Crippen MR) is 74.0 cm³/mol. The van der Waals surface area contributed by atoms with Gasteiger partial charge in [-0.05, 0) is 42.8 Å². The summed E-state index contributed by atoms with van der Waals surface area (Å²) in [5.74, 6) is -0.210. The normalized spacial score (nSPS) is 10.3. The highest BCUT2D eigenvalue weighted by Crippen LogP contribution is 2.18. The fourth-order valence-corrected chi connectivity index (χ4v) is 1.97. The average Bonchev–Trinajstić information content (AvgIpc) is 2.36. The molecule has 0 spiro atoms. The van der Waals surface area contributed by atoms with Crippen molar-refractivity contribution in [3.05, 3.63) is 59.9 Å². The van der Waals surface area contributed by atoms with Gasteiger partial charge in [-0.2, -0.15) is 0 Å². The summed E-state index contributed by atoms with van der Waals surface area (Å²) >= 11 is 0. The van der Waals surface area contributed by atoms with E-state index in [4.69, 9.17) is 5.73 Å². The van der Waals surface area contributed by atoms with Gasteiger partial charge in [0.25, 0.3) is 0 Å². The highest BCUT2D eigenvalue weighted by Gasteiger charge is 2.06. The molecule has 3 heteroatoms. The van der Waals surface area contributed by atoms with Crippen LogP contribution in [-0.2, 0) is 6.54 Å². The van der Waals surface area contributed by atoms with Gasteiger partial charge in [0.15, 0.2) is 0 Å². The molecule has 2 aromatic rings. The van der Waals surface area contributed by atoms with Gasteiger partial charge in [0, 0.05) is 24.5 Å². The lowest BCUT2D eigenvalue weighted by Gasteiger charge is -2.23. The van der Waals surface area contributed by atoms with E-state index in [2.05, 4.69) is 11.8 Å². The molecule has 0 aliphatic rings. The van der Waals surface area contributed by atoms with Crippen molar-refractivity contribution in [3.8, 4) is 0 Å². The molecule has 0 aliphatic carbocycles. The number of hydrogen-bond acceptors (Lipinski definition) is 2. The Kier molecular flexibility index (Phi) is 3.82. The summed E-state index contributed by atoms with van der Waals surface area (Å²) in [6.07, 6.45) is 0. The van der Waals surface area contributed by atoms with Crippen molar-refractivity contribution >= 4 is 11.4 Å². The van der Waals surface area contributed by atoms with Gasteiger partial charge in [-0.3, -0.25) is 0 Å². The number of nitrogens with two attached hydrogens (primary N) is 1. The van der Waals surface area contributed by atoms with Gasteiger partial charge in [-0.1, -0.05) is 18.2 Å². The zero-order valence-electron chi connectivity index (χ0n) is 10.4. The Morgan fingerprint density at radius 2 is 1.89 bits per heavy atom. The second kappa shape index (κ2) is 5.54. The summed E-state index contributed by atoms with van der Waals surface area (Å²) < 4.78 is 13.2. The first-order valence-electron chi connectivity index (χ1n) is 6.04. The zero-order chi connectivity index (χ0) is 13.0. The van der Waals surface area contributed by atoms with Crippen LogP contribution >= 0.6 is 0 Å². The average molecular weight is 244 g/mol. The van der Waals surface area contributed by atoms with E-state index in [-0.39, 0.29) is 5.82 Å². The van der Waals surface area contributed by atoms with Crippen molar-refractivity contribution in [1.29, 1.82) is 0 Å². The van der Waals surface area contributed by atoms with E-state index in [1.807, 2.05) is 30.3 Å². The van der Waals surface area contributed by atoms with Gasteiger partial charge < -0.3 is 10.6 Å². The van der Waals surface area contributed by atoms with Gasteiger partial charge in [0.1, 0.15) is 5.82 Å². The molecule has 0 bridgehead atoms. The summed E-state index contributed by atoms with van der Waals surface area (Å²) in [4.78, 5) is 2.11. The molecule has 18 heavy (non-hydrogen) atoms. The van der Waals surface area contributed by atoms with Crippen molar-refractivity contribution in [2.24, 2.45) is 0 Å². The van der Waals surface area contributed by atoms with Crippen LogP contribution in [0, 0.1) is 5.82 Å². The van der Waals surface area contributed by atoms with Crippen LogP contribution < -0.4 is 10.6 Å². The molecule has 2 nitrogen and oxygen atoms in total. The smallest absolute Gasteiger partial charge is 0.125 e. The molecule has 0 amide bonds. The topological polar surface area (TPSA) is 29.3 Å². The molecule has 2 aromatic carbocycles. The first kappa shape index (κ1) is 12.4. The number of hydrogen-bond donors (Lipinski definition) is 1.